The van der Waals surface area contributed by atoms with Crippen LogP contribution in [0.4, 0.5) is 23.7 Å². The maximum Gasteiger partial charge on any atom is 0.435 e. The SMILES string of the molecule is O=C(Nc1c(C(=O)O)ccnc1C(F)(F)F)OCC1c2ccccc2-c2ccccc21. The largest absolute Gasteiger partial charge is 0.478 e. The van der Waals surface area contributed by atoms with Gasteiger partial charge >= 0.3 is 18.2 Å². The van der Waals surface area contributed by atoms with Crippen molar-refractivity contribution in [3.8, 4) is 11.1 Å². The molecule has 6 nitrogen and oxygen atoms in total. The zero-order valence-corrected chi connectivity index (χ0v) is 15.8. The minimum absolute atomic E-state index is 0.135. The Morgan fingerprint density at radius 3 is 2.13 bits per heavy atom. The summed E-state index contributed by atoms with van der Waals surface area (Å²) < 4.78 is 45.0. The number of nitrogens with zero attached hydrogens (tertiary/aromatic N) is 1. The molecule has 2 aromatic carbocycles. The van der Waals surface area contributed by atoms with E-state index < -0.39 is 35.2 Å². The van der Waals surface area contributed by atoms with Gasteiger partial charge in [-0.1, -0.05) is 48.5 Å². The van der Waals surface area contributed by atoms with Crippen LogP contribution in [0, 0.1) is 0 Å². The fraction of sp³-hybridized carbons (Fsp3) is 0.136. The topological polar surface area (TPSA) is 88.5 Å². The van der Waals surface area contributed by atoms with Crippen LogP contribution in [0.25, 0.3) is 11.1 Å². The highest BCUT2D eigenvalue weighted by Gasteiger charge is 2.38. The Balaban J connectivity index is 1.57. The summed E-state index contributed by atoms with van der Waals surface area (Å²) in [6.45, 7) is -0.135. The average Bonchev–Trinajstić information content (AvgIpc) is 3.05. The van der Waals surface area contributed by atoms with Crippen LogP contribution in [0.2, 0.25) is 0 Å². The highest BCUT2D eigenvalue weighted by Crippen LogP contribution is 2.44. The highest BCUT2D eigenvalue weighted by molar-refractivity contribution is 5.99. The van der Waals surface area contributed by atoms with E-state index in [9.17, 15) is 27.9 Å². The number of fused-ring (bicyclic) bond motifs is 3. The van der Waals surface area contributed by atoms with Gasteiger partial charge in [0, 0.05) is 12.1 Å². The second-order valence-corrected chi connectivity index (χ2v) is 6.84. The van der Waals surface area contributed by atoms with E-state index in [-0.39, 0.29) is 12.5 Å². The van der Waals surface area contributed by atoms with Crippen LogP contribution in [-0.4, -0.2) is 28.8 Å². The molecule has 0 unspecified atom stereocenters. The van der Waals surface area contributed by atoms with Crippen molar-refractivity contribution in [2.75, 3.05) is 11.9 Å². The Kier molecular flexibility index (Phi) is 5.10. The zero-order chi connectivity index (χ0) is 22.2. The first-order valence-electron chi connectivity index (χ1n) is 9.19. The Labute approximate surface area is 174 Å². The molecule has 31 heavy (non-hydrogen) atoms. The van der Waals surface area contributed by atoms with Gasteiger partial charge in [0.15, 0.2) is 5.69 Å². The van der Waals surface area contributed by atoms with Gasteiger partial charge in [0.2, 0.25) is 0 Å². The van der Waals surface area contributed by atoms with Gasteiger partial charge in [0.05, 0.1) is 11.3 Å². The molecule has 4 rings (SSSR count). The lowest BCUT2D eigenvalue weighted by Gasteiger charge is -2.17. The smallest absolute Gasteiger partial charge is 0.435 e. The molecule has 0 bridgehead atoms. The number of hydrogen-bond donors (Lipinski definition) is 2. The third-order valence-electron chi connectivity index (χ3n) is 5.02. The zero-order valence-electron chi connectivity index (χ0n) is 15.8. The van der Waals surface area contributed by atoms with Gasteiger partial charge in [-0.2, -0.15) is 13.2 Å². The Hall–Kier alpha value is -3.88. The number of rotatable bonds is 4. The molecule has 1 heterocycles. The average molecular weight is 428 g/mol. The van der Waals surface area contributed by atoms with E-state index in [1.165, 1.54) is 0 Å². The predicted molar refractivity (Wildman–Crippen MR) is 105 cm³/mol. The molecule has 3 aromatic rings. The minimum atomic E-state index is -4.96. The van der Waals surface area contributed by atoms with E-state index in [1.807, 2.05) is 53.8 Å². The quantitative estimate of drug-likeness (QED) is 0.599. The van der Waals surface area contributed by atoms with E-state index in [4.69, 9.17) is 4.74 Å². The summed E-state index contributed by atoms with van der Waals surface area (Å²) in [5.74, 6) is -1.94. The number of aromatic nitrogens is 1. The molecular weight excluding hydrogens is 413 g/mol. The van der Waals surface area contributed by atoms with E-state index in [0.717, 1.165) is 34.5 Å². The normalized spacial score (nSPS) is 12.7. The number of carboxylic acids is 1. The maximum absolute atomic E-state index is 13.3. The predicted octanol–water partition coefficient (Wildman–Crippen LogP) is 5.16. The molecule has 0 spiro atoms. The number of halogens is 3. The lowest BCUT2D eigenvalue weighted by Crippen LogP contribution is -2.23. The molecule has 0 saturated carbocycles. The van der Waals surface area contributed by atoms with Gasteiger partial charge in [0.1, 0.15) is 6.61 Å². The monoisotopic (exact) mass is 428 g/mol. The molecule has 158 valence electrons. The van der Waals surface area contributed by atoms with Crippen LogP contribution in [0.1, 0.15) is 33.1 Å². The first-order chi connectivity index (χ1) is 14.8. The minimum Gasteiger partial charge on any atom is -0.478 e. The van der Waals surface area contributed by atoms with E-state index >= 15 is 0 Å². The number of benzene rings is 2. The second kappa shape index (κ2) is 7.75. The fourth-order valence-corrected chi connectivity index (χ4v) is 3.72. The fourth-order valence-electron chi connectivity index (χ4n) is 3.72. The first kappa shape index (κ1) is 20.4. The number of carboxylic acid groups (broad SMARTS) is 1. The third kappa shape index (κ3) is 3.81. The van der Waals surface area contributed by atoms with Crippen molar-refractivity contribution >= 4 is 17.7 Å². The van der Waals surface area contributed by atoms with Crippen molar-refractivity contribution < 1.29 is 32.6 Å². The van der Waals surface area contributed by atoms with Crippen LogP contribution >= 0.6 is 0 Å². The number of carbonyl (C=O) groups excluding carboxylic acids is 1. The number of hydrogen-bond acceptors (Lipinski definition) is 4. The van der Waals surface area contributed by atoms with Gasteiger partial charge in [-0.25, -0.2) is 14.6 Å². The molecule has 9 heteroatoms. The molecule has 1 amide bonds. The number of aromatic carboxylic acids is 1. The van der Waals surface area contributed by atoms with Crippen LogP contribution in [0.15, 0.2) is 60.8 Å². The second-order valence-electron chi connectivity index (χ2n) is 6.84. The van der Waals surface area contributed by atoms with E-state index in [1.54, 1.807) is 0 Å². The van der Waals surface area contributed by atoms with E-state index in [2.05, 4.69) is 4.98 Å². The summed E-state index contributed by atoms with van der Waals surface area (Å²) in [6.07, 6.45) is -5.45. The third-order valence-corrected chi connectivity index (χ3v) is 5.02. The number of pyridine rings is 1. The van der Waals surface area contributed by atoms with Crippen molar-refractivity contribution in [2.45, 2.75) is 12.1 Å². The summed E-state index contributed by atoms with van der Waals surface area (Å²) in [7, 11) is 0. The number of anilines is 1. The van der Waals surface area contributed by atoms with Crippen LogP contribution in [-0.2, 0) is 10.9 Å². The van der Waals surface area contributed by atoms with Gasteiger partial charge in [-0.15, -0.1) is 0 Å². The van der Waals surface area contributed by atoms with Crippen molar-refractivity contribution in [3.63, 3.8) is 0 Å². The Morgan fingerprint density at radius 1 is 1.00 bits per heavy atom. The lowest BCUT2D eigenvalue weighted by molar-refractivity contribution is -0.140. The molecule has 0 atom stereocenters. The van der Waals surface area contributed by atoms with Crippen LogP contribution in [0.3, 0.4) is 0 Å². The van der Waals surface area contributed by atoms with Crippen LogP contribution < -0.4 is 5.32 Å². The molecular formula is C22H15F3N2O4. The van der Waals surface area contributed by atoms with Gasteiger partial charge < -0.3 is 9.84 Å². The lowest BCUT2D eigenvalue weighted by atomic mass is 9.98. The molecule has 1 aliphatic carbocycles. The van der Waals surface area contributed by atoms with Crippen molar-refractivity contribution in [2.24, 2.45) is 0 Å². The molecule has 0 fully saturated rings. The van der Waals surface area contributed by atoms with Crippen molar-refractivity contribution in [1.29, 1.82) is 0 Å². The molecule has 0 aliphatic heterocycles. The molecule has 0 radical (unpaired) electrons. The van der Waals surface area contributed by atoms with Gasteiger partial charge in [-0.3, -0.25) is 5.32 Å². The molecule has 0 saturated heterocycles. The highest BCUT2D eigenvalue weighted by atomic mass is 19.4. The molecule has 1 aliphatic rings. The molecule has 2 N–H and O–H groups in total. The summed E-state index contributed by atoms with van der Waals surface area (Å²) in [5, 5.41) is 11.1. The van der Waals surface area contributed by atoms with E-state index in [0.29, 0.717) is 0 Å². The Morgan fingerprint density at radius 2 is 1.58 bits per heavy atom. The van der Waals surface area contributed by atoms with Gasteiger partial charge in [-0.05, 0) is 28.3 Å². The summed E-state index contributed by atoms with van der Waals surface area (Å²) in [5.41, 5.74) is 0.635. The Bertz CT molecular complexity index is 1130. The van der Waals surface area contributed by atoms with Gasteiger partial charge in [0.25, 0.3) is 0 Å². The van der Waals surface area contributed by atoms with Crippen molar-refractivity contribution in [3.05, 3.63) is 83.2 Å². The number of alkyl halides is 3. The summed E-state index contributed by atoms with van der Waals surface area (Å²) in [4.78, 5) is 26.8. The summed E-state index contributed by atoms with van der Waals surface area (Å²) >= 11 is 0. The summed E-state index contributed by atoms with van der Waals surface area (Å²) in [6, 6.07) is 16.0. The van der Waals surface area contributed by atoms with Crippen LogP contribution in [0.5, 0.6) is 0 Å². The molecule has 1 aromatic heterocycles. The van der Waals surface area contributed by atoms with Crippen molar-refractivity contribution in [1.82, 2.24) is 4.98 Å². The number of ether oxygens (including phenoxy) is 1. The standard InChI is InChI=1S/C22H15F3N2O4/c23-22(24,25)19-18(16(20(28)29)9-10-26-19)27-21(30)31-11-17-14-7-3-1-5-12(14)13-6-2-4-8-15(13)17/h1-10,17H,11H2,(H,27,30)(H,28,29). The maximum atomic E-state index is 13.3. The first-order valence-corrected chi connectivity index (χ1v) is 9.19. The number of nitrogens with one attached hydrogen (secondary N) is 1. The number of amides is 1. The number of carbonyl (C=O) groups is 2.